The first-order chi connectivity index (χ1) is 17.3. The second kappa shape index (κ2) is 10.7. The first-order valence-electron chi connectivity index (χ1n) is 10.4. The Morgan fingerprint density at radius 3 is 2.47 bits per heavy atom. The average Bonchev–Trinajstić information content (AvgIpc) is 3.23. The summed E-state index contributed by atoms with van der Waals surface area (Å²) in [6.07, 6.45) is 4.17. The Bertz CT molecular complexity index is 1440. The summed E-state index contributed by atoms with van der Waals surface area (Å²) in [6, 6.07) is 17.3. The van der Waals surface area contributed by atoms with Gasteiger partial charge in [-0.3, -0.25) is 10.1 Å². The number of carbonyl (C=O) groups excluding carboxylic acids is 2. The third-order valence-corrected chi connectivity index (χ3v) is 5.27. The lowest BCUT2D eigenvalue weighted by Crippen LogP contribution is -2.06. The summed E-state index contributed by atoms with van der Waals surface area (Å²) in [6.45, 7) is 0. The normalized spacial score (nSPS) is 14.0. The number of esters is 2. The third-order valence-electron chi connectivity index (χ3n) is 4.94. The van der Waals surface area contributed by atoms with E-state index in [1.807, 2.05) is 0 Å². The van der Waals surface area contributed by atoms with Crippen molar-refractivity contribution in [1.29, 1.82) is 0 Å². The van der Waals surface area contributed by atoms with Crippen molar-refractivity contribution in [3.05, 3.63) is 110 Å². The van der Waals surface area contributed by atoms with Crippen molar-refractivity contribution in [2.75, 3.05) is 7.11 Å². The van der Waals surface area contributed by atoms with Gasteiger partial charge < -0.3 is 14.2 Å². The van der Waals surface area contributed by atoms with Gasteiger partial charge in [0, 0.05) is 18.2 Å². The number of hydrogen-bond donors (Lipinski definition) is 0. The number of halogens is 1. The molecular weight excluding hydrogens is 488 g/mol. The van der Waals surface area contributed by atoms with Gasteiger partial charge in [0.2, 0.25) is 5.90 Å². The summed E-state index contributed by atoms with van der Waals surface area (Å²) in [7, 11) is 1.41. The summed E-state index contributed by atoms with van der Waals surface area (Å²) in [5.41, 5.74) is 1.67. The number of non-ortho nitro benzene ring substituents is 1. The minimum atomic E-state index is -0.675. The largest absolute Gasteiger partial charge is 0.493 e. The SMILES string of the molecule is COc1cc(/C=C2\N=C(c3ccccc3Cl)OC2=O)ccc1OC(=O)/C=C/c1ccc([N+](=O)[O-])cc1. The molecule has 180 valence electrons. The Kier molecular flexibility index (Phi) is 7.22. The molecule has 0 spiro atoms. The monoisotopic (exact) mass is 504 g/mol. The zero-order valence-corrected chi connectivity index (χ0v) is 19.5. The van der Waals surface area contributed by atoms with Gasteiger partial charge in [-0.25, -0.2) is 14.6 Å². The predicted molar refractivity (Wildman–Crippen MR) is 133 cm³/mol. The van der Waals surface area contributed by atoms with Gasteiger partial charge in [-0.05, 0) is 59.7 Å². The molecule has 1 heterocycles. The fraction of sp³-hybridized carbons (Fsp3) is 0.0385. The van der Waals surface area contributed by atoms with E-state index in [4.69, 9.17) is 25.8 Å². The minimum Gasteiger partial charge on any atom is -0.493 e. The molecule has 3 aromatic carbocycles. The number of ether oxygens (including phenoxy) is 3. The number of nitro groups is 1. The summed E-state index contributed by atoms with van der Waals surface area (Å²) >= 11 is 6.15. The number of nitrogens with zero attached hydrogens (tertiary/aromatic N) is 2. The predicted octanol–water partition coefficient (Wildman–Crippen LogP) is 5.22. The van der Waals surface area contributed by atoms with E-state index in [0.29, 0.717) is 21.7 Å². The lowest BCUT2D eigenvalue weighted by Gasteiger charge is -2.08. The van der Waals surface area contributed by atoms with Crippen LogP contribution >= 0.6 is 11.6 Å². The fourth-order valence-corrected chi connectivity index (χ4v) is 3.41. The molecule has 3 aromatic rings. The Morgan fingerprint density at radius 1 is 1.06 bits per heavy atom. The van der Waals surface area contributed by atoms with Crippen LogP contribution in [0.4, 0.5) is 5.69 Å². The van der Waals surface area contributed by atoms with Crippen LogP contribution in [-0.4, -0.2) is 29.9 Å². The van der Waals surface area contributed by atoms with Crippen LogP contribution in [0.3, 0.4) is 0 Å². The number of benzene rings is 3. The van der Waals surface area contributed by atoms with Crippen molar-refractivity contribution < 1.29 is 28.7 Å². The van der Waals surface area contributed by atoms with Gasteiger partial charge in [-0.2, -0.15) is 0 Å². The number of nitro benzene ring substituents is 1. The van der Waals surface area contributed by atoms with Crippen molar-refractivity contribution in [2.45, 2.75) is 0 Å². The van der Waals surface area contributed by atoms with Crippen molar-refractivity contribution in [3.8, 4) is 11.5 Å². The first-order valence-corrected chi connectivity index (χ1v) is 10.8. The smallest absolute Gasteiger partial charge is 0.363 e. The van der Waals surface area contributed by atoms with E-state index in [9.17, 15) is 19.7 Å². The Hall–Kier alpha value is -4.76. The first kappa shape index (κ1) is 24.4. The van der Waals surface area contributed by atoms with Crippen LogP contribution in [0.5, 0.6) is 11.5 Å². The van der Waals surface area contributed by atoms with Crippen molar-refractivity contribution >= 4 is 47.3 Å². The molecule has 0 amide bonds. The van der Waals surface area contributed by atoms with Gasteiger partial charge >= 0.3 is 11.9 Å². The highest BCUT2D eigenvalue weighted by Gasteiger charge is 2.25. The third kappa shape index (κ3) is 5.65. The van der Waals surface area contributed by atoms with Crippen LogP contribution in [-0.2, 0) is 14.3 Å². The van der Waals surface area contributed by atoms with Crippen LogP contribution < -0.4 is 9.47 Å². The van der Waals surface area contributed by atoms with Gasteiger partial charge in [0.05, 0.1) is 22.6 Å². The minimum absolute atomic E-state index is 0.0498. The van der Waals surface area contributed by atoms with E-state index in [1.54, 1.807) is 36.4 Å². The van der Waals surface area contributed by atoms with Gasteiger partial charge in [0.15, 0.2) is 17.2 Å². The topological polar surface area (TPSA) is 117 Å². The molecule has 1 aliphatic heterocycles. The number of cyclic esters (lactones) is 1. The number of methoxy groups -OCH3 is 1. The van der Waals surface area contributed by atoms with E-state index >= 15 is 0 Å². The second-order valence-corrected chi connectivity index (χ2v) is 7.74. The molecule has 0 aliphatic carbocycles. The van der Waals surface area contributed by atoms with Gasteiger partial charge in [0.25, 0.3) is 5.69 Å². The van der Waals surface area contributed by atoms with Crippen molar-refractivity contribution in [1.82, 2.24) is 0 Å². The van der Waals surface area contributed by atoms with Crippen LogP contribution in [0.1, 0.15) is 16.7 Å². The molecule has 0 saturated carbocycles. The summed E-state index contributed by atoms with van der Waals surface area (Å²) < 4.78 is 15.9. The summed E-state index contributed by atoms with van der Waals surface area (Å²) in [5.74, 6) is -0.786. The molecule has 0 radical (unpaired) electrons. The van der Waals surface area contributed by atoms with Gasteiger partial charge in [-0.15, -0.1) is 0 Å². The highest BCUT2D eigenvalue weighted by atomic mass is 35.5. The number of aliphatic imine (C=N–C) groups is 1. The molecule has 0 N–H and O–H groups in total. The van der Waals surface area contributed by atoms with Crippen molar-refractivity contribution in [2.24, 2.45) is 4.99 Å². The number of hydrogen-bond acceptors (Lipinski definition) is 8. The molecule has 0 atom stereocenters. The van der Waals surface area contributed by atoms with E-state index in [1.165, 1.54) is 55.7 Å². The molecule has 0 fully saturated rings. The second-order valence-electron chi connectivity index (χ2n) is 7.33. The van der Waals surface area contributed by atoms with Crippen LogP contribution in [0.2, 0.25) is 5.02 Å². The van der Waals surface area contributed by atoms with Crippen LogP contribution in [0.25, 0.3) is 12.2 Å². The molecule has 4 rings (SSSR count). The Labute approximate surface area is 210 Å². The van der Waals surface area contributed by atoms with Crippen LogP contribution in [0, 0.1) is 10.1 Å². The molecule has 0 saturated heterocycles. The van der Waals surface area contributed by atoms with Gasteiger partial charge in [-0.1, -0.05) is 29.8 Å². The Morgan fingerprint density at radius 2 is 1.78 bits per heavy atom. The Balaban J connectivity index is 1.49. The molecule has 0 aromatic heterocycles. The van der Waals surface area contributed by atoms with Crippen molar-refractivity contribution in [3.63, 3.8) is 0 Å². The number of carbonyl (C=O) groups is 2. The quantitative estimate of drug-likeness (QED) is 0.142. The maximum atomic E-state index is 12.3. The maximum absolute atomic E-state index is 12.3. The lowest BCUT2D eigenvalue weighted by molar-refractivity contribution is -0.384. The molecule has 36 heavy (non-hydrogen) atoms. The highest BCUT2D eigenvalue weighted by Crippen LogP contribution is 2.30. The lowest BCUT2D eigenvalue weighted by atomic mass is 10.1. The molecule has 9 nitrogen and oxygen atoms in total. The number of rotatable bonds is 7. The molecule has 10 heteroatoms. The van der Waals surface area contributed by atoms with E-state index in [-0.39, 0.29) is 28.8 Å². The molecule has 0 bridgehead atoms. The van der Waals surface area contributed by atoms with E-state index < -0.39 is 16.9 Å². The van der Waals surface area contributed by atoms with E-state index in [0.717, 1.165) is 0 Å². The maximum Gasteiger partial charge on any atom is 0.363 e. The highest BCUT2D eigenvalue weighted by molar-refractivity contribution is 6.34. The zero-order valence-electron chi connectivity index (χ0n) is 18.7. The standard InChI is InChI=1S/C26H17ClN2O7/c1-34-23-15-17(14-21-26(31)36-25(28-21)19-4-2-3-5-20(19)27)8-12-22(23)35-24(30)13-9-16-6-10-18(11-7-16)29(32)33/h2-15H,1H3/b13-9+,21-14-. The zero-order chi connectivity index (χ0) is 25.7. The van der Waals surface area contributed by atoms with Crippen LogP contribution in [0.15, 0.2) is 83.5 Å². The molecule has 0 unspecified atom stereocenters. The summed E-state index contributed by atoms with van der Waals surface area (Å²) in [5, 5.41) is 11.1. The van der Waals surface area contributed by atoms with Gasteiger partial charge in [0.1, 0.15) is 0 Å². The summed E-state index contributed by atoms with van der Waals surface area (Å²) in [4.78, 5) is 39.0. The molecular formula is C26H17ClN2O7. The average molecular weight is 505 g/mol. The van der Waals surface area contributed by atoms with E-state index in [2.05, 4.69) is 4.99 Å². The fourth-order valence-electron chi connectivity index (χ4n) is 3.19. The molecule has 1 aliphatic rings.